The van der Waals surface area contributed by atoms with Gasteiger partial charge in [0.1, 0.15) is 4.21 Å². The molecule has 2 aromatic rings. The van der Waals surface area contributed by atoms with Gasteiger partial charge >= 0.3 is 0 Å². The molecule has 2 heterocycles. The number of carbonyl (C=O) groups is 1. The molecule has 1 amide bonds. The molecule has 1 aliphatic rings. The van der Waals surface area contributed by atoms with Gasteiger partial charge in [0.2, 0.25) is 5.91 Å². The molecule has 0 bridgehead atoms. The smallest absolute Gasteiger partial charge is 0.252 e. The first-order valence-corrected chi connectivity index (χ1v) is 11.0. The first kappa shape index (κ1) is 19.4. The van der Waals surface area contributed by atoms with E-state index in [1.807, 2.05) is 0 Å². The van der Waals surface area contributed by atoms with Crippen LogP contribution in [0.4, 0.5) is 11.4 Å². The summed E-state index contributed by atoms with van der Waals surface area (Å²) in [6.45, 7) is 0.614. The molecule has 1 aromatic carbocycles. The summed E-state index contributed by atoms with van der Waals surface area (Å²) in [5, 5.41) is 5.04. The van der Waals surface area contributed by atoms with Crippen LogP contribution < -0.4 is 11.1 Å². The van der Waals surface area contributed by atoms with Gasteiger partial charge in [-0.2, -0.15) is 4.31 Å². The van der Waals surface area contributed by atoms with E-state index >= 15 is 0 Å². The molecular weight excluding hydrogens is 417 g/mol. The van der Waals surface area contributed by atoms with Gasteiger partial charge in [-0.1, -0.05) is 29.3 Å². The Morgan fingerprint density at radius 3 is 2.38 bits per heavy atom. The predicted octanol–water partition coefficient (Wildman–Crippen LogP) is 3.68. The summed E-state index contributed by atoms with van der Waals surface area (Å²) in [4.78, 5) is 12.5. The zero-order valence-corrected chi connectivity index (χ0v) is 16.8. The van der Waals surface area contributed by atoms with Crippen LogP contribution in [-0.4, -0.2) is 31.7 Å². The van der Waals surface area contributed by atoms with Crippen molar-refractivity contribution in [1.29, 1.82) is 0 Å². The second-order valence-corrected chi connectivity index (χ2v) is 9.88. The number of rotatable bonds is 4. The Morgan fingerprint density at radius 1 is 1.23 bits per heavy atom. The number of nitrogens with zero attached hydrogens (tertiary/aromatic N) is 1. The van der Waals surface area contributed by atoms with Gasteiger partial charge in [0.25, 0.3) is 10.0 Å². The van der Waals surface area contributed by atoms with Gasteiger partial charge in [0.05, 0.1) is 15.7 Å². The lowest BCUT2D eigenvalue weighted by atomic mass is 9.97. The predicted molar refractivity (Wildman–Crippen MR) is 105 cm³/mol. The molecule has 0 atom stereocenters. The molecule has 26 heavy (non-hydrogen) atoms. The number of nitrogen functional groups attached to an aromatic ring is 1. The lowest BCUT2D eigenvalue weighted by Crippen LogP contribution is -2.41. The number of carbonyl (C=O) groups excluding carboxylic acids is 1. The van der Waals surface area contributed by atoms with E-state index in [4.69, 9.17) is 28.9 Å². The zero-order chi connectivity index (χ0) is 18.9. The number of piperidine rings is 1. The summed E-state index contributed by atoms with van der Waals surface area (Å²) in [6.07, 6.45) is 0.903. The highest BCUT2D eigenvalue weighted by atomic mass is 35.5. The fraction of sp³-hybridized carbons (Fsp3) is 0.312. The van der Waals surface area contributed by atoms with Gasteiger partial charge < -0.3 is 11.1 Å². The maximum Gasteiger partial charge on any atom is 0.252 e. The highest BCUT2D eigenvalue weighted by Crippen LogP contribution is 2.32. The molecule has 3 rings (SSSR count). The van der Waals surface area contributed by atoms with Crippen molar-refractivity contribution in [2.24, 2.45) is 5.92 Å². The molecular formula is C16H17Cl2N3O3S2. The Labute approximate surface area is 165 Å². The average Bonchev–Trinajstić information content (AvgIpc) is 3.15. The Bertz CT molecular complexity index is 886. The first-order valence-electron chi connectivity index (χ1n) is 7.88. The van der Waals surface area contributed by atoms with Crippen LogP contribution in [0, 0.1) is 5.92 Å². The van der Waals surface area contributed by atoms with Gasteiger partial charge in [-0.3, -0.25) is 4.79 Å². The molecule has 6 nitrogen and oxygen atoms in total. The highest BCUT2D eigenvalue weighted by Gasteiger charge is 2.32. The number of nitrogens with one attached hydrogen (secondary N) is 1. The van der Waals surface area contributed by atoms with Gasteiger partial charge in [0, 0.05) is 24.7 Å². The second-order valence-electron chi connectivity index (χ2n) is 5.95. The maximum absolute atomic E-state index is 12.5. The molecule has 1 aromatic heterocycles. The molecule has 0 aliphatic carbocycles. The highest BCUT2D eigenvalue weighted by molar-refractivity contribution is 7.91. The third-order valence-corrected chi connectivity index (χ3v) is 8.16. The lowest BCUT2D eigenvalue weighted by Gasteiger charge is -2.30. The van der Waals surface area contributed by atoms with E-state index in [1.54, 1.807) is 17.5 Å². The van der Waals surface area contributed by atoms with Gasteiger partial charge in [-0.05, 0) is 36.4 Å². The van der Waals surface area contributed by atoms with Crippen molar-refractivity contribution in [3.05, 3.63) is 39.7 Å². The normalized spacial score (nSPS) is 16.5. The molecule has 1 fully saturated rings. The fourth-order valence-electron chi connectivity index (χ4n) is 2.80. The van der Waals surface area contributed by atoms with Crippen molar-refractivity contribution in [2.45, 2.75) is 17.1 Å². The van der Waals surface area contributed by atoms with E-state index in [0.717, 1.165) is 0 Å². The van der Waals surface area contributed by atoms with Crippen LogP contribution in [0.25, 0.3) is 0 Å². The molecule has 3 N–H and O–H groups in total. The SMILES string of the molecule is Nc1c(Cl)cc(NC(=O)C2CCN(S(=O)(=O)c3cccs3)CC2)cc1Cl. The van der Waals surface area contributed by atoms with Crippen LogP contribution in [-0.2, 0) is 14.8 Å². The third kappa shape index (κ3) is 3.99. The van der Waals surface area contributed by atoms with Crippen molar-refractivity contribution in [3.63, 3.8) is 0 Å². The number of amides is 1. The van der Waals surface area contributed by atoms with E-state index in [1.165, 1.54) is 27.8 Å². The van der Waals surface area contributed by atoms with Gasteiger partial charge in [-0.25, -0.2) is 8.42 Å². The summed E-state index contributed by atoms with van der Waals surface area (Å²) in [6, 6.07) is 6.38. The van der Waals surface area contributed by atoms with E-state index in [2.05, 4.69) is 5.32 Å². The maximum atomic E-state index is 12.5. The number of anilines is 2. The third-order valence-electron chi connectivity index (χ3n) is 4.26. The molecule has 0 saturated carbocycles. The van der Waals surface area contributed by atoms with Crippen LogP contribution in [0.2, 0.25) is 10.0 Å². The van der Waals surface area contributed by atoms with Crippen molar-refractivity contribution in [3.8, 4) is 0 Å². The van der Waals surface area contributed by atoms with Crippen LogP contribution >= 0.6 is 34.5 Å². The summed E-state index contributed by atoms with van der Waals surface area (Å²) < 4.78 is 26.8. The Balaban J connectivity index is 1.62. The number of hydrogen-bond donors (Lipinski definition) is 2. The molecule has 1 saturated heterocycles. The standard InChI is InChI=1S/C16H17Cl2N3O3S2/c17-12-8-11(9-13(18)15(12)19)20-16(22)10-3-5-21(6-4-10)26(23,24)14-2-1-7-25-14/h1-2,7-10H,3-6,19H2,(H,20,22). The van der Waals surface area contributed by atoms with Crippen LogP contribution in [0.15, 0.2) is 33.9 Å². The molecule has 0 unspecified atom stereocenters. The van der Waals surface area contributed by atoms with E-state index in [-0.39, 0.29) is 27.6 Å². The van der Waals surface area contributed by atoms with E-state index in [9.17, 15) is 13.2 Å². The number of thiophene rings is 1. The number of hydrogen-bond acceptors (Lipinski definition) is 5. The summed E-state index contributed by atoms with van der Waals surface area (Å²) in [7, 11) is -3.47. The van der Waals surface area contributed by atoms with E-state index < -0.39 is 10.0 Å². The van der Waals surface area contributed by atoms with Crippen molar-refractivity contribution < 1.29 is 13.2 Å². The van der Waals surface area contributed by atoms with Gasteiger partial charge in [0.15, 0.2) is 0 Å². The molecule has 1 aliphatic heterocycles. The Morgan fingerprint density at radius 2 is 1.85 bits per heavy atom. The van der Waals surface area contributed by atoms with Crippen LogP contribution in [0.3, 0.4) is 0 Å². The molecule has 0 radical (unpaired) electrons. The first-order chi connectivity index (χ1) is 12.3. The van der Waals surface area contributed by atoms with E-state index in [0.29, 0.717) is 35.8 Å². The van der Waals surface area contributed by atoms with Crippen molar-refractivity contribution in [1.82, 2.24) is 4.31 Å². The topological polar surface area (TPSA) is 92.5 Å². The summed E-state index contributed by atoms with van der Waals surface area (Å²) in [5.41, 5.74) is 6.41. The molecule has 140 valence electrons. The molecule has 0 spiro atoms. The van der Waals surface area contributed by atoms with Crippen molar-refractivity contribution in [2.75, 3.05) is 24.1 Å². The van der Waals surface area contributed by atoms with Crippen LogP contribution in [0.5, 0.6) is 0 Å². The minimum atomic E-state index is -3.47. The van der Waals surface area contributed by atoms with Crippen molar-refractivity contribution >= 4 is 61.8 Å². The monoisotopic (exact) mass is 433 g/mol. The number of benzene rings is 1. The number of nitrogens with two attached hydrogens (primary N) is 1. The minimum Gasteiger partial charge on any atom is -0.396 e. The number of sulfonamides is 1. The largest absolute Gasteiger partial charge is 0.396 e. The number of halogens is 2. The second kappa shape index (κ2) is 7.74. The summed E-state index contributed by atoms with van der Waals surface area (Å²) in [5.74, 6) is -0.463. The quantitative estimate of drug-likeness (QED) is 0.719. The van der Waals surface area contributed by atoms with Gasteiger partial charge in [-0.15, -0.1) is 11.3 Å². The Kier molecular flexibility index (Phi) is 5.78. The Hall–Kier alpha value is -1.32. The average molecular weight is 434 g/mol. The lowest BCUT2D eigenvalue weighted by molar-refractivity contribution is -0.120. The zero-order valence-electron chi connectivity index (χ0n) is 13.6. The molecule has 10 heteroatoms. The fourth-order valence-corrected chi connectivity index (χ4v) is 5.90. The van der Waals surface area contributed by atoms with Crippen LogP contribution in [0.1, 0.15) is 12.8 Å². The minimum absolute atomic E-state index is 0.185. The summed E-state index contributed by atoms with van der Waals surface area (Å²) >= 11 is 13.1.